The third kappa shape index (κ3) is 4.45. The molecule has 0 fully saturated rings. The van der Waals surface area contributed by atoms with E-state index in [9.17, 15) is 4.79 Å². The van der Waals surface area contributed by atoms with Crippen LogP contribution >= 0.6 is 0 Å². The zero-order valence-electron chi connectivity index (χ0n) is 11.4. The zero-order valence-corrected chi connectivity index (χ0v) is 11.4. The Morgan fingerprint density at radius 2 is 2.17 bits per heavy atom. The summed E-state index contributed by atoms with van der Waals surface area (Å²) >= 11 is 0. The number of nitrogens with zero attached hydrogens (tertiary/aromatic N) is 1. The van der Waals surface area contributed by atoms with Crippen molar-refractivity contribution in [3.63, 3.8) is 0 Å². The highest BCUT2D eigenvalue weighted by atomic mass is 16.6. The molecule has 1 rings (SSSR count). The molecule has 0 saturated carbocycles. The first-order valence-electron chi connectivity index (χ1n) is 6.37. The maximum absolute atomic E-state index is 11.8. The number of carbonyl (C=O) groups is 1. The summed E-state index contributed by atoms with van der Waals surface area (Å²) in [6.07, 6.45) is 5.01. The van der Waals surface area contributed by atoms with Gasteiger partial charge in [0.15, 0.2) is 0 Å². The van der Waals surface area contributed by atoms with E-state index < -0.39 is 11.6 Å². The highest BCUT2D eigenvalue weighted by molar-refractivity contribution is 5.87. The molecule has 0 atom stereocenters. The summed E-state index contributed by atoms with van der Waals surface area (Å²) in [6.45, 7) is 5.99. The molecule has 0 bridgehead atoms. The van der Waals surface area contributed by atoms with E-state index in [1.807, 2.05) is 6.07 Å². The third-order valence-corrected chi connectivity index (χ3v) is 2.71. The van der Waals surface area contributed by atoms with Gasteiger partial charge in [-0.05, 0) is 38.3 Å². The van der Waals surface area contributed by atoms with Gasteiger partial charge in [-0.1, -0.05) is 19.4 Å². The highest BCUT2D eigenvalue weighted by Crippen LogP contribution is 2.11. The Balaban J connectivity index is 2.64. The van der Waals surface area contributed by atoms with E-state index in [4.69, 9.17) is 10.5 Å². The lowest BCUT2D eigenvalue weighted by atomic mass is 10.1. The minimum atomic E-state index is -0.653. The molecule has 100 valence electrons. The second-order valence-electron chi connectivity index (χ2n) is 5.01. The summed E-state index contributed by atoms with van der Waals surface area (Å²) in [5, 5.41) is 0. The molecule has 1 aromatic heterocycles. The Bertz CT molecular complexity index is 385. The Kier molecular flexibility index (Phi) is 5.28. The molecule has 1 aromatic rings. The van der Waals surface area contributed by atoms with Crippen LogP contribution in [0.5, 0.6) is 0 Å². The summed E-state index contributed by atoms with van der Waals surface area (Å²) in [5.41, 5.74) is 6.34. The van der Waals surface area contributed by atoms with Gasteiger partial charge >= 0.3 is 5.97 Å². The van der Waals surface area contributed by atoms with Crippen LogP contribution in [0.2, 0.25) is 0 Å². The van der Waals surface area contributed by atoms with Gasteiger partial charge in [0.05, 0.1) is 0 Å². The highest BCUT2D eigenvalue weighted by Gasteiger charge is 2.22. The first-order valence-corrected chi connectivity index (χ1v) is 6.37. The smallest absolute Gasteiger partial charge is 0.357 e. The van der Waals surface area contributed by atoms with Crippen LogP contribution < -0.4 is 5.73 Å². The van der Waals surface area contributed by atoms with Crippen LogP contribution in [0.15, 0.2) is 18.3 Å². The monoisotopic (exact) mass is 250 g/mol. The van der Waals surface area contributed by atoms with Gasteiger partial charge < -0.3 is 10.5 Å². The molecule has 1 heterocycles. The molecule has 0 spiro atoms. The fourth-order valence-corrected chi connectivity index (χ4v) is 1.42. The van der Waals surface area contributed by atoms with Crippen molar-refractivity contribution in [1.82, 2.24) is 4.98 Å². The van der Waals surface area contributed by atoms with Crippen LogP contribution in [0.3, 0.4) is 0 Å². The number of rotatable bonds is 6. The molecule has 2 N–H and O–H groups in total. The summed E-state index contributed by atoms with van der Waals surface area (Å²) in [6, 6.07) is 3.63. The van der Waals surface area contributed by atoms with Gasteiger partial charge in [0.1, 0.15) is 11.3 Å². The lowest BCUT2D eigenvalue weighted by Gasteiger charge is -2.22. The quantitative estimate of drug-likeness (QED) is 0.787. The second kappa shape index (κ2) is 6.50. The van der Waals surface area contributed by atoms with Crippen molar-refractivity contribution < 1.29 is 9.53 Å². The van der Waals surface area contributed by atoms with Gasteiger partial charge in [0, 0.05) is 12.7 Å². The fourth-order valence-electron chi connectivity index (χ4n) is 1.42. The topological polar surface area (TPSA) is 65.2 Å². The molecule has 0 aliphatic rings. The summed E-state index contributed by atoms with van der Waals surface area (Å²) < 4.78 is 5.27. The van der Waals surface area contributed by atoms with Crippen LogP contribution in [0.4, 0.5) is 0 Å². The third-order valence-electron chi connectivity index (χ3n) is 2.71. The van der Waals surface area contributed by atoms with E-state index in [0.717, 1.165) is 24.8 Å². The molecule has 18 heavy (non-hydrogen) atoms. The van der Waals surface area contributed by atoms with Gasteiger partial charge in [0.25, 0.3) is 0 Å². The minimum absolute atomic E-state index is 0.285. The first kappa shape index (κ1) is 14.6. The van der Waals surface area contributed by atoms with E-state index in [2.05, 4.69) is 11.9 Å². The largest absolute Gasteiger partial charge is 0.454 e. The number of hydrogen-bond donors (Lipinski definition) is 1. The normalized spacial score (nSPS) is 11.3. The van der Waals surface area contributed by atoms with E-state index in [1.165, 1.54) is 0 Å². The van der Waals surface area contributed by atoms with E-state index in [1.54, 1.807) is 26.1 Å². The van der Waals surface area contributed by atoms with Crippen LogP contribution in [-0.2, 0) is 11.2 Å². The number of nitrogens with two attached hydrogens (primary N) is 1. The number of aromatic nitrogens is 1. The number of ether oxygens (including phenoxy) is 1. The summed E-state index contributed by atoms with van der Waals surface area (Å²) in [4.78, 5) is 15.9. The predicted octanol–water partition coefficient (Wildman–Crippen LogP) is 2.32. The Labute approximate surface area is 109 Å². The first-order chi connectivity index (χ1) is 8.48. The lowest BCUT2D eigenvalue weighted by Crippen LogP contribution is -2.36. The minimum Gasteiger partial charge on any atom is -0.454 e. The molecule has 0 saturated heterocycles. The average Bonchev–Trinajstić information content (AvgIpc) is 2.36. The molecule has 0 amide bonds. The maximum atomic E-state index is 11.8. The van der Waals surface area contributed by atoms with Crippen LogP contribution in [0.25, 0.3) is 0 Å². The number of esters is 1. The molecule has 0 aromatic carbocycles. The van der Waals surface area contributed by atoms with E-state index in [-0.39, 0.29) is 6.54 Å². The number of unbranched alkanes of at least 4 members (excludes halogenated alkanes) is 1. The Hall–Kier alpha value is -1.42. The molecule has 0 aliphatic heterocycles. The molecule has 4 nitrogen and oxygen atoms in total. The van der Waals surface area contributed by atoms with Crippen molar-refractivity contribution in [3.05, 3.63) is 29.6 Å². The van der Waals surface area contributed by atoms with E-state index >= 15 is 0 Å². The summed E-state index contributed by atoms with van der Waals surface area (Å²) in [5.74, 6) is -0.424. The number of pyridine rings is 1. The van der Waals surface area contributed by atoms with Crippen LogP contribution in [0, 0.1) is 0 Å². The SMILES string of the molecule is CCCCc1ccc(C(=O)OC(C)(C)CN)nc1. The van der Waals surface area contributed by atoms with Gasteiger partial charge in [-0.15, -0.1) is 0 Å². The molecule has 4 heteroatoms. The van der Waals surface area contributed by atoms with Crippen molar-refractivity contribution in [2.45, 2.75) is 45.6 Å². The van der Waals surface area contributed by atoms with Crippen LogP contribution in [-0.4, -0.2) is 23.1 Å². The second-order valence-corrected chi connectivity index (χ2v) is 5.01. The number of carbonyl (C=O) groups excluding carboxylic acids is 1. The van der Waals surface area contributed by atoms with Crippen molar-refractivity contribution in [2.24, 2.45) is 5.73 Å². The molecular formula is C14H22N2O2. The van der Waals surface area contributed by atoms with Crippen molar-refractivity contribution in [3.8, 4) is 0 Å². The predicted molar refractivity (Wildman–Crippen MR) is 71.4 cm³/mol. The molecule has 0 unspecified atom stereocenters. The van der Waals surface area contributed by atoms with Gasteiger partial charge in [0.2, 0.25) is 0 Å². The number of aryl methyl sites for hydroxylation is 1. The Morgan fingerprint density at radius 1 is 1.44 bits per heavy atom. The lowest BCUT2D eigenvalue weighted by molar-refractivity contribution is 0.00226. The van der Waals surface area contributed by atoms with Crippen LogP contribution in [0.1, 0.15) is 49.7 Å². The van der Waals surface area contributed by atoms with Gasteiger partial charge in [-0.25, -0.2) is 9.78 Å². The Morgan fingerprint density at radius 3 is 2.67 bits per heavy atom. The van der Waals surface area contributed by atoms with E-state index in [0.29, 0.717) is 5.69 Å². The standard InChI is InChI=1S/C14H22N2O2/c1-4-5-6-11-7-8-12(16-9-11)13(17)18-14(2,3)10-15/h7-9H,4-6,10,15H2,1-3H3. The molecule has 0 radical (unpaired) electrons. The van der Waals surface area contributed by atoms with Gasteiger partial charge in [-0.2, -0.15) is 0 Å². The van der Waals surface area contributed by atoms with Gasteiger partial charge in [-0.3, -0.25) is 0 Å². The molecular weight excluding hydrogens is 228 g/mol. The summed E-state index contributed by atoms with van der Waals surface area (Å²) in [7, 11) is 0. The van der Waals surface area contributed by atoms with Crippen molar-refractivity contribution >= 4 is 5.97 Å². The van der Waals surface area contributed by atoms with Crippen molar-refractivity contribution in [1.29, 1.82) is 0 Å². The van der Waals surface area contributed by atoms with Crippen molar-refractivity contribution in [2.75, 3.05) is 6.54 Å². The number of hydrogen-bond acceptors (Lipinski definition) is 4. The zero-order chi connectivity index (χ0) is 13.6. The fraction of sp³-hybridized carbons (Fsp3) is 0.571. The average molecular weight is 250 g/mol. The molecule has 0 aliphatic carbocycles. The maximum Gasteiger partial charge on any atom is 0.357 e.